The lowest BCUT2D eigenvalue weighted by Gasteiger charge is -2.05. The summed E-state index contributed by atoms with van der Waals surface area (Å²) < 4.78 is 13.7. The summed E-state index contributed by atoms with van der Waals surface area (Å²) in [6.45, 7) is 2.04. The monoisotopic (exact) mass is 448 g/mol. The molecule has 0 aliphatic carbocycles. The molecule has 0 spiro atoms. The molecule has 27 heavy (non-hydrogen) atoms. The molecule has 1 heterocycles. The van der Waals surface area contributed by atoms with Gasteiger partial charge in [0.05, 0.1) is 23.9 Å². The molecule has 1 amide bonds. The van der Waals surface area contributed by atoms with Gasteiger partial charge in [0.1, 0.15) is 12.3 Å². The van der Waals surface area contributed by atoms with Crippen molar-refractivity contribution in [2.75, 3.05) is 13.7 Å². The molecule has 0 radical (unpaired) electrons. The van der Waals surface area contributed by atoms with Gasteiger partial charge in [-0.25, -0.2) is 0 Å². The highest BCUT2D eigenvalue weighted by atomic mass is 79.9. The third-order valence-electron chi connectivity index (χ3n) is 3.77. The van der Waals surface area contributed by atoms with E-state index in [1.54, 1.807) is 42.9 Å². The second-order valence-corrected chi connectivity index (χ2v) is 7.46. The van der Waals surface area contributed by atoms with Crippen molar-refractivity contribution in [3.8, 4) is 5.75 Å². The molecule has 3 aromatic rings. The number of amides is 1. The predicted molar refractivity (Wildman–Crippen MR) is 107 cm³/mol. The van der Waals surface area contributed by atoms with Crippen LogP contribution in [0, 0.1) is 0 Å². The van der Waals surface area contributed by atoms with Crippen LogP contribution in [0.1, 0.15) is 17.3 Å². The molecule has 0 fully saturated rings. The summed E-state index contributed by atoms with van der Waals surface area (Å²) >= 11 is 4.78. The Morgan fingerprint density at radius 2 is 1.93 bits per heavy atom. The van der Waals surface area contributed by atoms with E-state index >= 15 is 0 Å². The van der Waals surface area contributed by atoms with Crippen LogP contribution in [0.15, 0.2) is 51.9 Å². The van der Waals surface area contributed by atoms with Crippen molar-refractivity contribution in [3.63, 3.8) is 0 Å². The minimum absolute atomic E-state index is 0.00972. The average molecular weight is 449 g/mol. The molecular weight excluding hydrogens is 432 g/mol. The highest BCUT2D eigenvalue weighted by molar-refractivity contribution is 9.10. The quantitative estimate of drug-likeness (QED) is 0.556. The van der Waals surface area contributed by atoms with Crippen molar-refractivity contribution in [2.24, 2.45) is 4.99 Å². The van der Waals surface area contributed by atoms with E-state index < -0.39 is 0 Å². The number of hydrogen-bond donors (Lipinski definition) is 0. The Hall–Kier alpha value is -2.45. The van der Waals surface area contributed by atoms with Gasteiger partial charge >= 0.3 is 5.97 Å². The standard InChI is InChI=1S/C19H17BrN2O4S/c1-3-26-17(23)11-22-15-9-6-13(20)10-16(15)27-19(22)21-18(24)12-4-7-14(25-2)8-5-12/h4-10H,3,11H2,1-2H3. The van der Waals surface area contributed by atoms with Gasteiger partial charge in [-0.3, -0.25) is 9.59 Å². The number of carbonyl (C=O) groups is 2. The fourth-order valence-corrected chi connectivity index (χ4v) is 4.09. The van der Waals surface area contributed by atoms with Crippen LogP contribution in [0.5, 0.6) is 5.75 Å². The molecule has 0 unspecified atom stereocenters. The zero-order chi connectivity index (χ0) is 19.4. The lowest BCUT2D eigenvalue weighted by atomic mass is 10.2. The zero-order valence-electron chi connectivity index (χ0n) is 14.8. The molecule has 3 rings (SSSR count). The van der Waals surface area contributed by atoms with Gasteiger partial charge in [0, 0.05) is 10.0 Å². The van der Waals surface area contributed by atoms with Crippen LogP contribution in [0.2, 0.25) is 0 Å². The van der Waals surface area contributed by atoms with Crippen LogP contribution in [0.25, 0.3) is 10.2 Å². The van der Waals surface area contributed by atoms with Crippen LogP contribution in [0.3, 0.4) is 0 Å². The Labute approximate surface area is 168 Å². The first kappa shape index (κ1) is 19.3. The van der Waals surface area contributed by atoms with Gasteiger partial charge in [0.15, 0.2) is 4.80 Å². The predicted octanol–water partition coefficient (Wildman–Crippen LogP) is 3.78. The first-order valence-corrected chi connectivity index (χ1v) is 9.80. The summed E-state index contributed by atoms with van der Waals surface area (Å²) in [6, 6.07) is 12.4. The number of aromatic nitrogens is 1. The van der Waals surface area contributed by atoms with E-state index in [2.05, 4.69) is 20.9 Å². The van der Waals surface area contributed by atoms with E-state index in [4.69, 9.17) is 9.47 Å². The van der Waals surface area contributed by atoms with Crippen LogP contribution in [-0.4, -0.2) is 30.2 Å². The molecule has 1 aromatic heterocycles. The van der Waals surface area contributed by atoms with Crippen LogP contribution in [-0.2, 0) is 16.1 Å². The third kappa shape index (κ3) is 4.45. The number of esters is 1. The van der Waals surface area contributed by atoms with Gasteiger partial charge in [0.2, 0.25) is 0 Å². The highest BCUT2D eigenvalue weighted by Crippen LogP contribution is 2.22. The smallest absolute Gasteiger partial charge is 0.326 e. The van der Waals surface area contributed by atoms with Crippen molar-refractivity contribution >= 4 is 49.4 Å². The number of benzene rings is 2. The maximum absolute atomic E-state index is 12.6. The molecule has 6 nitrogen and oxygen atoms in total. The molecule has 0 aliphatic heterocycles. The van der Waals surface area contributed by atoms with E-state index in [0.717, 1.165) is 14.7 Å². The number of carbonyl (C=O) groups excluding carboxylic acids is 2. The fourth-order valence-electron chi connectivity index (χ4n) is 2.51. The van der Waals surface area contributed by atoms with Crippen molar-refractivity contribution in [1.82, 2.24) is 4.57 Å². The van der Waals surface area contributed by atoms with E-state index in [-0.39, 0.29) is 18.4 Å². The summed E-state index contributed by atoms with van der Waals surface area (Å²) in [5.74, 6) is -0.102. The largest absolute Gasteiger partial charge is 0.497 e. The number of hydrogen-bond acceptors (Lipinski definition) is 5. The molecule has 0 N–H and O–H groups in total. The Morgan fingerprint density at radius 1 is 1.19 bits per heavy atom. The van der Waals surface area contributed by atoms with Crippen LogP contribution >= 0.6 is 27.3 Å². The molecule has 8 heteroatoms. The summed E-state index contributed by atoms with van der Waals surface area (Å²) in [6.07, 6.45) is 0. The number of thiazole rings is 1. The molecule has 0 atom stereocenters. The van der Waals surface area contributed by atoms with Gasteiger partial charge in [-0.1, -0.05) is 27.3 Å². The SMILES string of the molecule is CCOC(=O)Cn1c(=NC(=O)c2ccc(OC)cc2)sc2cc(Br)ccc21. The van der Waals surface area contributed by atoms with Crippen molar-refractivity contribution in [1.29, 1.82) is 0 Å². The molecular formula is C19H17BrN2O4S. The third-order valence-corrected chi connectivity index (χ3v) is 5.31. The molecule has 0 saturated carbocycles. The van der Waals surface area contributed by atoms with Gasteiger partial charge in [0.25, 0.3) is 5.91 Å². The second-order valence-electron chi connectivity index (χ2n) is 5.53. The van der Waals surface area contributed by atoms with Crippen LogP contribution < -0.4 is 9.54 Å². The first-order valence-electron chi connectivity index (χ1n) is 8.19. The van der Waals surface area contributed by atoms with Gasteiger partial charge in [-0.15, -0.1) is 0 Å². The van der Waals surface area contributed by atoms with Crippen molar-refractivity contribution < 1.29 is 19.1 Å². The van der Waals surface area contributed by atoms with Gasteiger partial charge in [-0.2, -0.15) is 4.99 Å². The number of halogens is 1. The molecule has 2 aromatic carbocycles. The van der Waals surface area contributed by atoms with Gasteiger partial charge in [-0.05, 0) is 49.4 Å². The number of nitrogens with zero attached hydrogens (tertiary/aromatic N) is 2. The molecule has 0 aliphatic rings. The summed E-state index contributed by atoms with van der Waals surface area (Å²) in [4.78, 5) is 29.3. The van der Waals surface area contributed by atoms with E-state index in [1.165, 1.54) is 11.3 Å². The molecule has 0 bridgehead atoms. The summed E-state index contributed by atoms with van der Waals surface area (Å²) in [5, 5.41) is 0. The van der Waals surface area contributed by atoms with Crippen molar-refractivity contribution in [2.45, 2.75) is 13.5 Å². The number of fused-ring (bicyclic) bond motifs is 1. The lowest BCUT2D eigenvalue weighted by Crippen LogP contribution is -2.23. The number of rotatable bonds is 5. The Morgan fingerprint density at radius 3 is 2.59 bits per heavy atom. The van der Waals surface area contributed by atoms with E-state index in [9.17, 15) is 9.59 Å². The second kappa shape index (κ2) is 8.49. The Bertz CT molecular complexity index is 1050. The first-order chi connectivity index (χ1) is 13.0. The van der Waals surface area contributed by atoms with Crippen molar-refractivity contribution in [3.05, 3.63) is 57.3 Å². The molecule has 140 valence electrons. The summed E-state index contributed by atoms with van der Waals surface area (Å²) in [5.41, 5.74) is 1.26. The van der Waals surface area contributed by atoms with E-state index in [0.29, 0.717) is 22.7 Å². The number of methoxy groups -OCH3 is 1. The molecule has 0 saturated heterocycles. The van der Waals surface area contributed by atoms with Gasteiger partial charge < -0.3 is 14.0 Å². The van der Waals surface area contributed by atoms with Crippen LogP contribution in [0.4, 0.5) is 0 Å². The van der Waals surface area contributed by atoms with E-state index in [1.807, 2.05) is 18.2 Å². The maximum atomic E-state index is 12.6. The highest BCUT2D eigenvalue weighted by Gasteiger charge is 2.13. The normalized spacial score (nSPS) is 11.6. The Kier molecular flexibility index (Phi) is 6.08. The summed E-state index contributed by atoms with van der Waals surface area (Å²) in [7, 11) is 1.56. The minimum Gasteiger partial charge on any atom is -0.497 e. The number of ether oxygens (including phenoxy) is 2. The average Bonchev–Trinajstić information content (AvgIpc) is 2.98. The zero-order valence-corrected chi connectivity index (χ0v) is 17.2. The Balaban J connectivity index is 2.06. The lowest BCUT2D eigenvalue weighted by molar-refractivity contribution is -0.143. The fraction of sp³-hybridized carbons (Fsp3) is 0.211. The minimum atomic E-state index is -0.388. The maximum Gasteiger partial charge on any atom is 0.326 e. The topological polar surface area (TPSA) is 69.9 Å².